The van der Waals surface area contributed by atoms with Gasteiger partial charge in [0.05, 0.1) is 7.11 Å². The molecule has 1 N–H and O–H groups in total. The Morgan fingerprint density at radius 1 is 1.33 bits per heavy atom. The van der Waals surface area contributed by atoms with Crippen LogP contribution in [0.3, 0.4) is 0 Å². The molecular formula is C13H17Br2NO2. The highest BCUT2D eigenvalue weighted by Crippen LogP contribution is 2.23. The van der Waals surface area contributed by atoms with E-state index < -0.39 is 0 Å². The fraction of sp³-hybridized carbons (Fsp3) is 0.462. The van der Waals surface area contributed by atoms with E-state index in [1.165, 1.54) is 7.11 Å². The number of hydrogen-bond donors (Lipinski definition) is 1. The van der Waals surface area contributed by atoms with E-state index in [0.717, 1.165) is 14.5 Å². The van der Waals surface area contributed by atoms with Crippen LogP contribution in [0.1, 0.15) is 19.4 Å². The molecule has 0 aromatic heterocycles. The van der Waals surface area contributed by atoms with Gasteiger partial charge in [-0.1, -0.05) is 19.9 Å². The van der Waals surface area contributed by atoms with Crippen LogP contribution in [0.4, 0.5) is 0 Å². The molecule has 0 unspecified atom stereocenters. The second-order valence-electron chi connectivity index (χ2n) is 4.37. The van der Waals surface area contributed by atoms with Crippen LogP contribution in [0.25, 0.3) is 0 Å². The summed E-state index contributed by atoms with van der Waals surface area (Å²) in [6.07, 6.45) is 0. The van der Waals surface area contributed by atoms with Crippen molar-refractivity contribution < 1.29 is 9.53 Å². The maximum Gasteiger partial charge on any atom is 0.323 e. The Labute approximate surface area is 125 Å². The third kappa shape index (κ3) is 4.37. The molecule has 1 atom stereocenters. The van der Waals surface area contributed by atoms with Gasteiger partial charge in [0.1, 0.15) is 6.04 Å². The van der Waals surface area contributed by atoms with Gasteiger partial charge < -0.3 is 10.1 Å². The van der Waals surface area contributed by atoms with Crippen molar-refractivity contribution in [3.05, 3.63) is 32.7 Å². The number of ether oxygens (including phenoxy) is 1. The number of halogens is 2. The number of esters is 1. The zero-order valence-electron chi connectivity index (χ0n) is 10.7. The highest BCUT2D eigenvalue weighted by atomic mass is 79.9. The Balaban J connectivity index is 2.67. The molecule has 0 aliphatic carbocycles. The zero-order valence-corrected chi connectivity index (χ0v) is 13.8. The van der Waals surface area contributed by atoms with Gasteiger partial charge in [-0.05, 0) is 55.5 Å². The molecule has 0 aliphatic heterocycles. The van der Waals surface area contributed by atoms with Crippen LogP contribution in [0.15, 0.2) is 27.1 Å². The van der Waals surface area contributed by atoms with Crippen LogP contribution in [0.5, 0.6) is 0 Å². The predicted octanol–water partition coefficient (Wildman–Crippen LogP) is 3.50. The van der Waals surface area contributed by atoms with Crippen LogP contribution >= 0.6 is 31.9 Å². The molecule has 0 aliphatic rings. The maximum absolute atomic E-state index is 11.6. The quantitative estimate of drug-likeness (QED) is 0.797. The van der Waals surface area contributed by atoms with E-state index in [0.29, 0.717) is 6.54 Å². The first-order chi connectivity index (χ1) is 8.45. The van der Waals surface area contributed by atoms with Crippen LogP contribution in [0, 0.1) is 5.92 Å². The molecule has 0 heterocycles. The lowest BCUT2D eigenvalue weighted by molar-refractivity contribution is -0.144. The Bertz CT molecular complexity index is 421. The lowest BCUT2D eigenvalue weighted by Crippen LogP contribution is -2.41. The summed E-state index contributed by atoms with van der Waals surface area (Å²) >= 11 is 6.88. The number of rotatable bonds is 5. The van der Waals surface area contributed by atoms with Gasteiger partial charge in [-0.2, -0.15) is 0 Å². The SMILES string of the molecule is COC(=O)[C@@H](NCc1ccc(Br)c(Br)c1)C(C)C. The molecule has 18 heavy (non-hydrogen) atoms. The van der Waals surface area contributed by atoms with Gasteiger partial charge in [0, 0.05) is 15.5 Å². The monoisotopic (exact) mass is 377 g/mol. The van der Waals surface area contributed by atoms with Crippen molar-refractivity contribution in [2.75, 3.05) is 7.11 Å². The van der Waals surface area contributed by atoms with Gasteiger partial charge in [0.15, 0.2) is 0 Å². The van der Waals surface area contributed by atoms with Gasteiger partial charge in [-0.15, -0.1) is 0 Å². The number of carbonyl (C=O) groups is 1. The molecule has 0 saturated heterocycles. The average molecular weight is 379 g/mol. The first-order valence-electron chi connectivity index (χ1n) is 5.70. The standard InChI is InChI=1S/C13H17Br2NO2/c1-8(2)12(13(17)18-3)16-7-9-4-5-10(14)11(15)6-9/h4-6,8,12,16H,7H2,1-3H3/t12-/m0/s1. The van der Waals surface area contributed by atoms with Crippen LogP contribution in [-0.4, -0.2) is 19.1 Å². The highest BCUT2D eigenvalue weighted by Gasteiger charge is 2.22. The average Bonchev–Trinajstić information content (AvgIpc) is 2.33. The number of nitrogens with one attached hydrogen (secondary N) is 1. The van der Waals surface area contributed by atoms with Crippen LogP contribution < -0.4 is 5.32 Å². The van der Waals surface area contributed by atoms with Crippen molar-refractivity contribution in [3.8, 4) is 0 Å². The van der Waals surface area contributed by atoms with Gasteiger partial charge in [-0.3, -0.25) is 4.79 Å². The Morgan fingerprint density at radius 3 is 2.50 bits per heavy atom. The molecule has 0 saturated carbocycles. The van der Waals surface area contributed by atoms with E-state index in [1.807, 2.05) is 32.0 Å². The van der Waals surface area contributed by atoms with Gasteiger partial charge in [0.25, 0.3) is 0 Å². The Morgan fingerprint density at radius 2 is 2.00 bits per heavy atom. The van der Waals surface area contributed by atoms with Crippen molar-refractivity contribution in [2.24, 2.45) is 5.92 Å². The molecule has 3 nitrogen and oxygen atoms in total. The predicted molar refractivity (Wildman–Crippen MR) is 79.3 cm³/mol. The van der Waals surface area contributed by atoms with Crippen LogP contribution in [-0.2, 0) is 16.1 Å². The van der Waals surface area contributed by atoms with Gasteiger partial charge in [-0.25, -0.2) is 0 Å². The third-order valence-corrected chi connectivity index (χ3v) is 4.51. The normalized spacial score (nSPS) is 12.6. The Kier molecular flexibility index (Phi) is 6.32. The molecule has 1 aromatic carbocycles. The first kappa shape index (κ1) is 15.7. The largest absolute Gasteiger partial charge is 0.468 e. The minimum atomic E-state index is -0.280. The third-order valence-electron chi connectivity index (χ3n) is 2.63. The molecule has 0 fully saturated rings. The summed E-state index contributed by atoms with van der Waals surface area (Å²) in [7, 11) is 1.41. The minimum absolute atomic E-state index is 0.191. The molecule has 100 valence electrons. The summed E-state index contributed by atoms with van der Waals surface area (Å²) in [5.74, 6) is -0.0301. The molecule has 0 amide bonds. The second kappa shape index (κ2) is 7.26. The molecule has 0 bridgehead atoms. The van der Waals surface area contributed by atoms with Crippen molar-refractivity contribution in [2.45, 2.75) is 26.4 Å². The second-order valence-corrected chi connectivity index (χ2v) is 6.08. The summed E-state index contributed by atoms with van der Waals surface area (Å²) < 4.78 is 6.80. The smallest absolute Gasteiger partial charge is 0.323 e. The molecule has 0 spiro atoms. The molecule has 1 rings (SSSR count). The van der Waals surface area contributed by atoms with Crippen molar-refractivity contribution in [1.82, 2.24) is 5.32 Å². The molecular weight excluding hydrogens is 362 g/mol. The summed E-state index contributed by atoms with van der Waals surface area (Å²) in [6, 6.07) is 5.73. The first-order valence-corrected chi connectivity index (χ1v) is 7.29. The summed E-state index contributed by atoms with van der Waals surface area (Å²) in [6.45, 7) is 4.61. The topological polar surface area (TPSA) is 38.3 Å². The molecule has 5 heteroatoms. The van der Waals surface area contributed by atoms with E-state index in [4.69, 9.17) is 4.74 Å². The van der Waals surface area contributed by atoms with Crippen molar-refractivity contribution >= 4 is 37.8 Å². The minimum Gasteiger partial charge on any atom is -0.468 e. The lowest BCUT2D eigenvalue weighted by atomic mass is 10.0. The van der Waals surface area contributed by atoms with E-state index in [2.05, 4.69) is 37.2 Å². The number of hydrogen-bond acceptors (Lipinski definition) is 3. The van der Waals surface area contributed by atoms with Gasteiger partial charge in [0.2, 0.25) is 0 Å². The summed E-state index contributed by atoms with van der Waals surface area (Å²) in [4.78, 5) is 11.6. The van der Waals surface area contributed by atoms with Crippen molar-refractivity contribution in [1.29, 1.82) is 0 Å². The van der Waals surface area contributed by atoms with Crippen molar-refractivity contribution in [3.63, 3.8) is 0 Å². The van der Waals surface area contributed by atoms with E-state index in [1.54, 1.807) is 0 Å². The molecule has 0 radical (unpaired) electrons. The van der Waals surface area contributed by atoms with E-state index in [9.17, 15) is 4.79 Å². The Hall–Kier alpha value is -0.390. The fourth-order valence-corrected chi connectivity index (χ4v) is 2.27. The number of carbonyl (C=O) groups excluding carboxylic acids is 1. The number of methoxy groups -OCH3 is 1. The molecule has 1 aromatic rings. The van der Waals surface area contributed by atoms with E-state index in [-0.39, 0.29) is 17.9 Å². The zero-order chi connectivity index (χ0) is 13.7. The maximum atomic E-state index is 11.6. The van der Waals surface area contributed by atoms with E-state index >= 15 is 0 Å². The summed E-state index contributed by atoms with van der Waals surface area (Å²) in [5.41, 5.74) is 1.11. The number of benzene rings is 1. The van der Waals surface area contributed by atoms with Gasteiger partial charge >= 0.3 is 5.97 Å². The van der Waals surface area contributed by atoms with Crippen LogP contribution in [0.2, 0.25) is 0 Å². The summed E-state index contributed by atoms with van der Waals surface area (Å²) in [5, 5.41) is 3.22. The lowest BCUT2D eigenvalue weighted by Gasteiger charge is -2.20. The highest BCUT2D eigenvalue weighted by molar-refractivity contribution is 9.13. The fourth-order valence-electron chi connectivity index (χ4n) is 1.60.